The molecule has 0 fully saturated rings. The summed E-state index contributed by atoms with van der Waals surface area (Å²) >= 11 is 5.78. The second kappa shape index (κ2) is 4.49. The van der Waals surface area contributed by atoms with Gasteiger partial charge in [-0.1, -0.05) is 29.8 Å². The molecule has 2 rings (SSSR count). The Balaban J connectivity index is 2.39. The molecular weight excluding hydrogens is 227 g/mol. The molecule has 2 nitrogen and oxygen atoms in total. The van der Waals surface area contributed by atoms with Crippen LogP contribution in [0.4, 0.5) is 15.9 Å². The molecule has 0 atom stereocenters. The van der Waals surface area contributed by atoms with E-state index in [9.17, 15) is 4.39 Å². The lowest BCUT2D eigenvalue weighted by Crippen LogP contribution is -2.12. The molecule has 4 heteroatoms. The summed E-state index contributed by atoms with van der Waals surface area (Å²) in [5.41, 5.74) is 0.470. The number of nitrogens with zero attached hydrogens (tertiary/aromatic N) is 2. The fourth-order valence-corrected chi connectivity index (χ4v) is 1.59. The third-order valence-corrected chi connectivity index (χ3v) is 2.47. The smallest absolute Gasteiger partial charge is 0.146 e. The first-order valence-corrected chi connectivity index (χ1v) is 5.17. The molecule has 0 amide bonds. The van der Waals surface area contributed by atoms with Gasteiger partial charge in [-0.2, -0.15) is 0 Å². The molecule has 1 aromatic heterocycles. The Morgan fingerprint density at radius 3 is 2.56 bits per heavy atom. The van der Waals surface area contributed by atoms with Crippen LogP contribution >= 0.6 is 11.6 Å². The number of para-hydroxylation sites is 1. The molecule has 16 heavy (non-hydrogen) atoms. The Kier molecular flexibility index (Phi) is 3.06. The lowest BCUT2D eigenvalue weighted by molar-refractivity contribution is 0.627. The minimum Gasteiger partial charge on any atom is -0.327 e. The van der Waals surface area contributed by atoms with Gasteiger partial charge in [0.05, 0.1) is 5.69 Å². The van der Waals surface area contributed by atoms with Gasteiger partial charge in [0.15, 0.2) is 0 Å². The molecule has 0 saturated heterocycles. The molecule has 82 valence electrons. The van der Waals surface area contributed by atoms with Crippen molar-refractivity contribution in [3.63, 3.8) is 0 Å². The minimum absolute atomic E-state index is 0.285. The number of hydrogen-bond donors (Lipinski definition) is 0. The molecule has 0 N–H and O–H groups in total. The Morgan fingerprint density at radius 1 is 1.12 bits per heavy atom. The third-order valence-electron chi connectivity index (χ3n) is 2.26. The van der Waals surface area contributed by atoms with Crippen molar-refractivity contribution in [1.82, 2.24) is 4.98 Å². The molecule has 0 aliphatic heterocycles. The molecule has 1 heterocycles. The summed E-state index contributed by atoms with van der Waals surface area (Å²) in [6.07, 6.45) is 0. The van der Waals surface area contributed by atoms with Crippen LogP contribution < -0.4 is 4.90 Å². The summed E-state index contributed by atoms with van der Waals surface area (Å²) in [5, 5.41) is 0.390. The van der Waals surface area contributed by atoms with E-state index in [0.717, 1.165) is 0 Å². The van der Waals surface area contributed by atoms with Crippen LogP contribution in [0.3, 0.4) is 0 Å². The predicted molar refractivity (Wildman–Crippen MR) is 63.7 cm³/mol. The summed E-state index contributed by atoms with van der Waals surface area (Å²) in [5.74, 6) is 0.323. The Bertz CT molecular complexity index is 502. The van der Waals surface area contributed by atoms with E-state index >= 15 is 0 Å². The SMILES string of the molecule is CN(c1cccc(Cl)n1)c1ccccc1F. The molecule has 0 radical (unpaired) electrons. The summed E-state index contributed by atoms with van der Waals surface area (Å²) in [6.45, 7) is 0. The second-order valence-corrected chi connectivity index (χ2v) is 3.72. The standard InChI is InChI=1S/C12H10ClFN2/c1-16(10-6-3-2-5-9(10)14)12-8-4-7-11(13)15-12/h2-8H,1H3. The van der Waals surface area contributed by atoms with Gasteiger partial charge in [-0.05, 0) is 24.3 Å². The van der Waals surface area contributed by atoms with E-state index in [1.54, 1.807) is 48.3 Å². The van der Waals surface area contributed by atoms with Crippen molar-refractivity contribution in [3.8, 4) is 0 Å². The molecule has 1 aromatic carbocycles. The van der Waals surface area contributed by atoms with Crippen LogP contribution in [-0.2, 0) is 0 Å². The average molecular weight is 237 g/mol. The zero-order chi connectivity index (χ0) is 11.5. The highest BCUT2D eigenvalue weighted by Gasteiger charge is 2.09. The van der Waals surface area contributed by atoms with Gasteiger partial charge in [0, 0.05) is 7.05 Å². The first-order valence-electron chi connectivity index (χ1n) is 4.79. The average Bonchev–Trinajstić information content (AvgIpc) is 2.29. The first kappa shape index (κ1) is 10.9. The normalized spacial score (nSPS) is 10.2. The van der Waals surface area contributed by atoms with Crippen molar-refractivity contribution in [2.24, 2.45) is 0 Å². The van der Waals surface area contributed by atoms with Gasteiger partial charge in [-0.3, -0.25) is 0 Å². The van der Waals surface area contributed by atoms with E-state index < -0.39 is 0 Å². The van der Waals surface area contributed by atoms with Crippen LogP contribution in [0.2, 0.25) is 5.15 Å². The van der Waals surface area contributed by atoms with E-state index in [1.807, 2.05) is 0 Å². The van der Waals surface area contributed by atoms with E-state index in [-0.39, 0.29) is 5.82 Å². The lowest BCUT2D eigenvalue weighted by Gasteiger charge is -2.18. The van der Waals surface area contributed by atoms with Crippen LogP contribution in [0.5, 0.6) is 0 Å². The Labute approximate surface area is 98.3 Å². The molecule has 0 spiro atoms. The van der Waals surface area contributed by atoms with Crippen LogP contribution in [-0.4, -0.2) is 12.0 Å². The highest BCUT2D eigenvalue weighted by Crippen LogP contribution is 2.24. The number of pyridine rings is 1. The van der Waals surface area contributed by atoms with Crippen LogP contribution in [0.25, 0.3) is 0 Å². The highest BCUT2D eigenvalue weighted by atomic mass is 35.5. The summed E-state index contributed by atoms with van der Waals surface area (Å²) in [4.78, 5) is 5.77. The van der Waals surface area contributed by atoms with E-state index in [0.29, 0.717) is 16.7 Å². The number of halogens is 2. The van der Waals surface area contributed by atoms with E-state index in [2.05, 4.69) is 4.98 Å². The van der Waals surface area contributed by atoms with Crippen molar-refractivity contribution in [2.75, 3.05) is 11.9 Å². The zero-order valence-electron chi connectivity index (χ0n) is 8.69. The van der Waals surface area contributed by atoms with Crippen LogP contribution in [0.15, 0.2) is 42.5 Å². The molecular formula is C12H10ClFN2. The van der Waals surface area contributed by atoms with E-state index in [4.69, 9.17) is 11.6 Å². The first-order chi connectivity index (χ1) is 7.68. The molecule has 0 aliphatic carbocycles. The zero-order valence-corrected chi connectivity index (χ0v) is 9.45. The van der Waals surface area contributed by atoms with Gasteiger partial charge in [0.25, 0.3) is 0 Å². The Hall–Kier alpha value is -1.61. The van der Waals surface area contributed by atoms with Crippen molar-refractivity contribution < 1.29 is 4.39 Å². The van der Waals surface area contributed by atoms with Crippen molar-refractivity contribution in [1.29, 1.82) is 0 Å². The number of aromatic nitrogens is 1. The molecule has 0 unspecified atom stereocenters. The number of anilines is 2. The summed E-state index contributed by atoms with van der Waals surface area (Å²) < 4.78 is 13.5. The van der Waals surface area contributed by atoms with Gasteiger partial charge < -0.3 is 4.90 Å². The molecule has 0 saturated carbocycles. The van der Waals surface area contributed by atoms with Crippen LogP contribution in [0.1, 0.15) is 0 Å². The molecule has 0 bridgehead atoms. The largest absolute Gasteiger partial charge is 0.327 e. The maximum Gasteiger partial charge on any atom is 0.146 e. The van der Waals surface area contributed by atoms with Gasteiger partial charge in [0.2, 0.25) is 0 Å². The second-order valence-electron chi connectivity index (χ2n) is 3.33. The van der Waals surface area contributed by atoms with Crippen molar-refractivity contribution in [3.05, 3.63) is 53.4 Å². The Morgan fingerprint density at radius 2 is 1.88 bits per heavy atom. The maximum atomic E-state index is 13.5. The monoisotopic (exact) mass is 236 g/mol. The molecule has 2 aromatic rings. The number of rotatable bonds is 2. The predicted octanol–water partition coefficient (Wildman–Crippen LogP) is 3.64. The summed E-state index contributed by atoms with van der Waals surface area (Å²) in [7, 11) is 1.75. The lowest BCUT2D eigenvalue weighted by atomic mass is 10.3. The summed E-state index contributed by atoms with van der Waals surface area (Å²) in [6, 6.07) is 11.8. The quantitative estimate of drug-likeness (QED) is 0.740. The fourth-order valence-electron chi connectivity index (χ4n) is 1.43. The van der Waals surface area contributed by atoms with Crippen molar-refractivity contribution in [2.45, 2.75) is 0 Å². The third kappa shape index (κ3) is 2.14. The highest BCUT2D eigenvalue weighted by molar-refractivity contribution is 6.29. The topological polar surface area (TPSA) is 16.1 Å². The van der Waals surface area contributed by atoms with Crippen LogP contribution in [0, 0.1) is 5.82 Å². The molecule has 0 aliphatic rings. The van der Waals surface area contributed by atoms with Gasteiger partial charge >= 0.3 is 0 Å². The van der Waals surface area contributed by atoms with Crippen molar-refractivity contribution >= 4 is 23.1 Å². The van der Waals surface area contributed by atoms with Gasteiger partial charge in [-0.25, -0.2) is 9.37 Å². The van der Waals surface area contributed by atoms with E-state index in [1.165, 1.54) is 6.07 Å². The van der Waals surface area contributed by atoms with Gasteiger partial charge in [0.1, 0.15) is 16.8 Å². The maximum absolute atomic E-state index is 13.5. The number of benzene rings is 1. The fraction of sp³-hybridized carbons (Fsp3) is 0.0833. The number of hydrogen-bond acceptors (Lipinski definition) is 2. The van der Waals surface area contributed by atoms with Gasteiger partial charge in [-0.15, -0.1) is 0 Å². The minimum atomic E-state index is -0.285.